The second-order valence-corrected chi connectivity index (χ2v) is 1.98. The summed E-state index contributed by atoms with van der Waals surface area (Å²) in [7, 11) is -3.67. The molecule has 13 heavy (non-hydrogen) atoms. The monoisotopic (exact) mass is 189 g/mol. The lowest BCUT2D eigenvalue weighted by Crippen LogP contribution is -2.09. The molecule has 0 fully saturated rings. The first-order chi connectivity index (χ1) is 6.04. The molecule has 0 bridgehead atoms. The molecule has 2 N–H and O–H groups in total. The molecule has 0 aliphatic carbocycles. The largest absolute Gasteiger partial charge is 0.762 e. The number of primary amides is 1. The fraction of sp³-hybridized carbons (Fsp3) is 0. The van der Waals surface area contributed by atoms with Crippen molar-refractivity contribution in [3.8, 4) is 0 Å². The molecule has 1 aromatic carbocycles. The molecule has 0 spiro atoms. The molecule has 0 aliphatic rings. The van der Waals surface area contributed by atoms with Gasteiger partial charge >= 0.3 is 7.54 Å². The number of hydrogen-bond acceptors (Lipinski definition) is 1. The zero-order valence-corrected chi connectivity index (χ0v) is 6.58. The first kappa shape index (κ1) is 11.5. The molecule has 0 heterocycles. The highest BCUT2D eigenvalue weighted by molar-refractivity contribution is 6.33. The number of hydrogen-bond donors (Lipinski definition) is 1. The summed E-state index contributed by atoms with van der Waals surface area (Å²) in [5.74, 6) is -0.379. The minimum Gasteiger partial charge on any atom is -0.366 e. The Morgan fingerprint density at radius 2 is 1.54 bits per heavy atom. The molecule has 0 saturated carbocycles. The molecule has 0 aliphatic heterocycles. The maximum atomic E-state index is 10.4. The summed E-state index contributed by atoms with van der Waals surface area (Å²) in [5, 5.41) is 0. The van der Waals surface area contributed by atoms with Gasteiger partial charge in [-0.15, -0.1) is 0 Å². The highest BCUT2D eigenvalue weighted by Crippen LogP contribution is 1.94. The van der Waals surface area contributed by atoms with E-state index in [-0.39, 0.29) is 5.91 Å². The topological polar surface area (TPSA) is 43.1 Å². The van der Waals surface area contributed by atoms with Crippen LogP contribution in [-0.4, -0.2) is 13.5 Å². The van der Waals surface area contributed by atoms with E-state index in [9.17, 15) is 17.7 Å². The molecule has 0 radical (unpaired) electrons. The molecule has 0 aromatic heterocycles. The molecule has 70 valence electrons. The Bertz CT molecular complexity index is 252. The van der Waals surface area contributed by atoms with E-state index in [1.54, 1.807) is 24.3 Å². The highest BCUT2D eigenvalue weighted by Gasteiger charge is 2.06. The number of carbonyl (C=O) groups is 1. The van der Waals surface area contributed by atoms with E-state index < -0.39 is 7.54 Å². The molecule has 1 rings (SSSR count). The van der Waals surface area contributed by atoms with Crippen LogP contribution in [0.5, 0.6) is 0 Å². The van der Waals surface area contributed by atoms with Crippen LogP contribution in [0.2, 0.25) is 0 Å². The summed E-state index contributed by atoms with van der Waals surface area (Å²) in [6, 6.07) is 8.76. The smallest absolute Gasteiger partial charge is 0.366 e. The summed E-state index contributed by atoms with van der Waals surface area (Å²) in [4.78, 5) is 10.4. The summed E-state index contributed by atoms with van der Waals surface area (Å²) >= 11 is 0. The number of amides is 1. The van der Waals surface area contributed by atoms with Gasteiger partial charge in [0, 0.05) is 5.56 Å². The predicted molar refractivity (Wildman–Crippen MR) is 44.0 cm³/mol. The zero-order valence-electron chi connectivity index (χ0n) is 6.58. The van der Waals surface area contributed by atoms with Gasteiger partial charge in [0.15, 0.2) is 0 Å². The van der Waals surface area contributed by atoms with Gasteiger partial charge in [0.25, 0.3) is 0 Å². The van der Waals surface area contributed by atoms with Crippen LogP contribution in [0.4, 0.5) is 12.9 Å². The minimum atomic E-state index is -3.67. The van der Waals surface area contributed by atoms with E-state index in [2.05, 4.69) is 0 Å². The van der Waals surface area contributed by atoms with Crippen molar-refractivity contribution in [2.45, 2.75) is 0 Å². The van der Waals surface area contributed by atoms with Crippen molar-refractivity contribution in [1.29, 1.82) is 0 Å². The lowest BCUT2D eigenvalue weighted by molar-refractivity contribution is 0.100. The number of nitrogens with two attached hydrogens (primary N) is 1. The van der Waals surface area contributed by atoms with E-state index in [1.165, 1.54) is 0 Å². The fourth-order valence-electron chi connectivity index (χ4n) is 0.602. The van der Waals surface area contributed by atoms with Crippen LogP contribution in [0.1, 0.15) is 10.4 Å². The van der Waals surface area contributed by atoms with Crippen LogP contribution < -0.4 is 5.73 Å². The molecule has 0 atom stereocenters. The van der Waals surface area contributed by atoms with Crippen molar-refractivity contribution < 1.29 is 17.7 Å². The van der Waals surface area contributed by atoms with Crippen LogP contribution in [0, 0.1) is 0 Å². The zero-order chi connectivity index (χ0) is 10.3. The summed E-state index contributed by atoms with van der Waals surface area (Å²) < 4.78 is 29.0. The summed E-state index contributed by atoms with van der Waals surface area (Å²) in [6.07, 6.45) is 0. The highest BCUT2D eigenvalue weighted by atomic mass is 19.4. The van der Waals surface area contributed by atoms with E-state index in [1.807, 2.05) is 6.07 Å². The van der Waals surface area contributed by atoms with Gasteiger partial charge in [0.1, 0.15) is 0 Å². The number of rotatable bonds is 1. The van der Waals surface area contributed by atoms with Crippen LogP contribution in [-0.2, 0) is 0 Å². The van der Waals surface area contributed by atoms with Gasteiger partial charge in [-0.3, -0.25) is 17.7 Å². The average Bonchev–Trinajstić information content (AvgIpc) is 2.05. The number of carbonyl (C=O) groups excluding carboxylic acids is 1. The Kier molecular flexibility index (Phi) is 5.42. The van der Waals surface area contributed by atoms with Gasteiger partial charge < -0.3 is 5.73 Å². The molecule has 0 unspecified atom stereocenters. The van der Waals surface area contributed by atoms with Gasteiger partial charge in [-0.05, 0) is 12.1 Å². The third-order valence-corrected chi connectivity index (χ3v) is 1.06. The Morgan fingerprint density at radius 1 is 1.15 bits per heavy atom. The molecule has 6 heteroatoms. The van der Waals surface area contributed by atoms with E-state index in [0.29, 0.717) is 5.56 Å². The summed E-state index contributed by atoms with van der Waals surface area (Å²) in [6.45, 7) is 0. The second kappa shape index (κ2) is 6.10. The van der Waals surface area contributed by atoms with Crippen molar-refractivity contribution in [1.82, 2.24) is 0 Å². The molecule has 0 saturated heterocycles. The van der Waals surface area contributed by atoms with Crippen LogP contribution in [0.15, 0.2) is 30.3 Å². The van der Waals surface area contributed by atoms with Crippen molar-refractivity contribution in [3.05, 3.63) is 35.9 Å². The lowest BCUT2D eigenvalue weighted by atomic mass is 10.2. The fourth-order valence-corrected chi connectivity index (χ4v) is 0.602. The number of halogens is 3. The van der Waals surface area contributed by atoms with Crippen molar-refractivity contribution in [2.24, 2.45) is 5.73 Å². The minimum absolute atomic E-state index is 0.379. The van der Waals surface area contributed by atoms with E-state index in [4.69, 9.17) is 5.73 Å². The van der Waals surface area contributed by atoms with Crippen LogP contribution in [0.25, 0.3) is 0 Å². The Hall–Kier alpha value is -1.46. The van der Waals surface area contributed by atoms with Gasteiger partial charge in [0.05, 0.1) is 0 Å². The van der Waals surface area contributed by atoms with E-state index >= 15 is 0 Å². The SMILES string of the molecule is FB(F)F.NC(=O)c1ccccc1. The van der Waals surface area contributed by atoms with Crippen LogP contribution >= 0.6 is 0 Å². The molecular weight excluding hydrogens is 182 g/mol. The second-order valence-electron chi connectivity index (χ2n) is 1.98. The first-order valence-corrected chi connectivity index (χ1v) is 3.31. The standard InChI is InChI=1S/C7H7NO.BF3/c8-7(9)6-4-2-1-3-5-6;2-1(3)4/h1-5H,(H2,8,9);. The number of benzene rings is 1. The average molecular weight is 189 g/mol. The third kappa shape index (κ3) is 6.92. The van der Waals surface area contributed by atoms with Crippen molar-refractivity contribution >= 4 is 13.5 Å². The molecule has 1 amide bonds. The maximum absolute atomic E-state index is 10.4. The molecular formula is C7H7BF3NO. The normalized spacial score (nSPS) is 8.23. The van der Waals surface area contributed by atoms with Crippen molar-refractivity contribution in [3.63, 3.8) is 0 Å². The van der Waals surface area contributed by atoms with Crippen molar-refractivity contribution in [2.75, 3.05) is 0 Å². The first-order valence-electron chi connectivity index (χ1n) is 3.31. The lowest BCUT2D eigenvalue weighted by Gasteiger charge is -1.89. The van der Waals surface area contributed by atoms with Crippen LogP contribution in [0.3, 0.4) is 0 Å². The Morgan fingerprint density at radius 3 is 1.77 bits per heavy atom. The van der Waals surface area contributed by atoms with Gasteiger partial charge in [-0.1, -0.05) is 18.2 Å². The predicted octanol–water partition coefficient (Wildman–Crippen LogP) is 1.67. The molecule has 2 nitrogen and oxygen atoms in total. The Balaban J connectivity index is 0.000000310. The van der Waals surface area contributed by atoms with Gasteiger partial charge in [-0.2, -0.15) is 0 Å². The quantitative estimate of drug-likeness (QED) is 0.670. The van der Waals surface area contributed by atoms with Gasteiger partial charge in [-0.25, -0.2) is 0 Å². The van der Waals surface area contributed by atoms with E-state index in [0.717, 1.165) is 0 Å². The third-order valence-electron chi connectivity index (χ3n) is 1.06. The summed E-state index contributed by atoms with van der Waals surface area (Å²) in [5.41, 5.74) is 5.53. The molecule has 1 aromatic rings. The maximum Gasteiger partial charge on any atom is 0.762 e. The Labute approximate surface area is 73.8 Å². The van der Waals surface area contributed by atoms with Gasteiger partial charge in [0.2, 0.25) is 5.91 Å².